The van der Waals surface area contributed by atoms with Crippen molar-refractivity contribution in [1.82, 2.24) is 14.8 Å². The molecule has 1 aliphatic rings. The van der Waals surface area contributed by atoms with Crippen LogP contribution >= 0.6 is 11.3 Å². The molecule has 0 unspecified atom stereocenters. The number of Topliss-reactive ketones (excluding diaryl/α,β-unsaturated/α-hetero) is 1. The van der Waals surface area contributed by atoms with E-state index in [1.807, 2.05) is 25.9 Å². The molecule has 1 N–H and O–H groups in total. The zero-order chi connectivity index (χ0) is 20.6. The molecule has 1 amide bonds. The van der Waals surface area contributed by atoms with Crippen molar-refractivity contribution in [3.63, 3.8) is 0 Å². The van der Waals surface area contributed by atoms with Gasteiger partial charge in [-0.15, -0.1) is 11.3 Å². The molecule has 0 saturated heterocycles. The minimum atomic E-state index is -0.738. The van der Waals surface area contributed by atoms with Crippen LogP contribution in [-0.4, -0.2) is 58.8 Å². The van der Waals surface area contributed by atoms with Crippen LogP contribution in [0.25, 0.3) is 0 Å². The van der Waals surface area contributed by atoms with Gasteiger partial charge < -0.3 is 19.3 Å². The van der Waals surface area contributed by atoms with Gasteiger partial charge >= 0.3 is 0 Å². The number of amides is 1. The van der Waals surface area contributed by atoms with Gasteiger partial charge in [0.05, 0.1) is 21.2 Å². The lowest BCUT2D eigenvalue weighted by Crippen LogP contribution is -2.33. The standard InChI is InChI=1S/C20H25N3O4S/c1-11-7-8-14(27-11)16-15(17(24)19-12(2)21-13(3)28-19)18(25)20(26)23(16)10-6-9-22(4)5/h7-8,16,25H,6,9-10H2,1-5H3/t16-/m0/s1. The van der Waals surface area contributed by atoms with Crippen molar-refractivity contribution < 1.29 is 19.1 Å². The number of hydrogen-bond acceptors (Lipinski definition) is 7. The molecule has 2 aromatic heterocycles. The smallest absolute Gasteiger partial charge is 0.290 e. The minimum absolute atomic E-state index is 0.0657. The number of carbonyl (C=O) groups excluding carboxylic acids is 2. The number of rotatable bonds is 7. The zero-order valence-corrected chi connectivity index (χ0v) is 17.6. The summed E-state index contributed by atoms with van der Waals surface area (Å²) in [6, 6.07) is 2.80. The summed E-state index contributed by atoms with van der Waals surface area (Å²) in [5.41, 5.74) is 0.664. The van der Waals surface area contributed by atoms with Crippen LogP contribution in [0, 0.1) is 20.8 Å². The van der Waals surface area contributed by atoms with E-state index in [1.165, 1.54) is 16.2 Å². The first-order valence-corrected chi connectivity index (χ1v) is 9.96. The minimum Gasteiger partial charge on any atom is -0.503 e. The summed E-state index contributed by atoms with van der Waals surface area (Å²) in [7, 11) is 3.91. The summed E-state index contributed by atoms with van der Waals surface area (Å²) in [5.74, 6) is -0.261. The Kier molecular flexibility index (Phi) is 5.71. The molecule has 150 valence electrons. The molecule has 3 rings (SSSR count). The van der Waals surface area contributed by atoms with Crippen molar-refractivity contribution in [2.24, 2.45) is 0 Å². The van der Waals surface area contributed by atoms with Gasteiger partial charge in [0.1, 0.15) is 17.6 Å². The molecule has 0 fully saturated rings. The van der Waals surface area contributed by atoms with Gasteiger partial charge in [-0.3, -0.25) is 9.59 Å². The highest BCUT2D eigenvalue weighted by Gasteiger charge is 2.45. The molecule has 0 bridgehead atoms. The largest absolute Gasteiger partial charge is 0.503 e. The van der Waals surface area contributed by atoms with Gasteiger partial charge in [0.25, 0.3) is 5.91 Å². The molecule has 1 atom stereocenters. The second kappa shape index (κ2) is 7.89. The number of aryl methyl sites for hydroxylation is 3. The second-order valence-electron chi connectivity index (χ2n) is 7.25. The van der Waals surface area contributed by atoms with Gasteiger partial charge in [-0.25, -0.2) is 4.98 Å². The van der Waals surface area contributed by atoms with Gasteiger partial charge in [0, 0.05) is 6.54 Å². The third-order valence-electron chi connectivity index (χ3n) is 4.69. The van der Waals surface area contributed by atoms with Gasteiger partial charge in [-0.1, -0.05) is 0 Å². The number of thiazole rings is 1. The molecule has 28 heavy (non-hydrogen) atoms. The van der Waals surface area contributed by atoms with Crippen molar-refractivity contribution >= 4 is 23.0 Å². The predicted octanol–water partition coefficient (Wildman–Crippen LogP) is 3.19. The van der Waals surface area contributed by atoms with Crippen molar-refractivity contribution in [3.8, 4) is 0 Å². The molecule has 8 heteroatoms. The predicted molar refractivity (Wildman–Crippen MR) is 107 cm³/mol. The molecule has 3 heterocycles. The van der Waals surface area contributed by atoms with Gasteiger partial charge in [0.2, 0.25) is 5.78 Å². The molecule has 0 spiro atoms. The first-order chi connectivity index (χ1) is 13.2. The summed E-state index contributed by atoms with van der Waals surface area (Å²) < 4.78 is 5.76. The zero-order valence-electron chi connectivity index (χ0n) is 16.8. The van der Waals surface area contributed by atoms with Crippen LogP contribution in [0.3, 0.4) is 0 Å². The van der Waals surface area contributed by atoms with Crippen LogP contribution in [0.15, 0.2) is 27.9 Å². The Morgan fingerprint density at radius 1 is 1.32 bits per heavy atom. The van der Waals surface area contributed by atoms with E-state index in [1.54, 1.807) is 26.0 Å². The Morgan fingerprint density at radius 3 is 2.57 bits per heavy atom. The fourth-order valence-electron chi connectivity index (χ4n) is 3.43. The van der Waals surface area contributed by atoms with Gasteiger partial charge in [-0.05, 0) is 60.0 Å². The number of aliphatic hydroxyl groups is 1. The van der Waals surface area contributed by atoms with Crippen LogP contribution in [0.2, 0.25) is 0 Å². The Morgan fingerprint density at radius 2 is 2.04 bits per heavy atom. The monoisotopic (exact) mass is 403 g/mol. The van der Waals surface area contributed by atoms with E-state index in [-0.39, 0.29) is 11.4 Å². The maximum atomic E-state index is 13.3. The van der Waals surface area contributed by atoms with E-state index in [0.717, 1.165) is 11.6 Å². The lowest BCUT2D eigenvalue weighted by molar-refractivity contribution is -0.129. The summed E-state index contributed by atoms with van der Waals surface area (Å²) >= 11 is 1.26. The second-order valence-corrected chi connectivity index (χ2v) is 8.45. The Balaban J connectivity index is 2.01. The van der Waals surface area contributed by atoms with Crippen LogP contribution < -0.4 is 0 Å². The molecular formula is C20H25N3O4S. The highest BCUT2D eigenvalue weighted by Crippen LogP contribution is 2.40. The molecule has 2 aromatic rings. The average Bonchev–Trinajstić information content (AvgIpc) is 3.26. The first kappa shape index (κ1) is 20.3. The number of aromatic nitrogens is 1. The summed E-state index contributed by atoms with van der Waals surface area (Å²) in [4.78, 5) is 34.4. The van der Waals surface area contributed by atoms with E-state index in [4.69, 9.17) is 4.42 Å². The van der Waals surface area contributed by atoms with Crippen molar-refractivity contribution in [3.05, 3.63) is 50.6 Å². The van der Waals surface area contributed by atoms with E-state index >= 15 is 0 Å². The molecule has 0 aromatic carbocycles. The number of carbonyl (C=O) groups is 2. The molecule has 0 aliphatic carbocycles. The molecule has 0 saturated carbocycles. The van der Waals surface area contributed by atoms with E-state index in [0.29, 0.717) is 35.1 Å². The van der Waals surface area contributed by atoms with Crippen molar-refractivity contribution in [1.29, 1.82) is 0 Å². The lowest BCUT2D eigenvalue weighted by atomic mass is 9.99. The van der Waals surface area contributed by atoms with Crippen molar-refractivity contribution in [2.75, 3.05) is 27.2 Å². The SMILES string of the molecule is Cc1ccc([C@H]2C(C(=O)c3sc(C)nc3C)=C(O)C(=O)N2CCCN(C)C)o1. The average molecular weight is 404 g/mol. The van der Waals surface area contributed by atoms with E-state index in [2.05, 4.69) is 4.98 Å². The van der Waals surface area contributed by atoms with Crippen LogP contribution in [0.4, 0.5) is 0 Å². The third kappa shape index (κ3) is 3.74. The third-order valence-corrected chi connectivity index (χ3v) is 5.76. The Hall–Kier alpha value is -2.45. The molecule has 1 aliphatic heterocycles. The number of hydrogen-bond donors (Lipinski definition) is 1. The number of nitrogens with zero attached hydrogens (tertiary/aromatic N) is 3. The normalized spacial score (nSPS) is 17.3. The molecule has 7 nitrogen and oxygen atoms in total. The highest BCUT2D eigenvalue weighted by molar-refractivity contribution is 7.14. The van der Waals surface area contributed by atoms with Crippen LogP contribution in [-0.2, 0) is 4.79 Å². The van der Waals surface area contributed by atoms with Gasteiger partial charge in [0.15, 0.2) is 5.76 Å². The van der Waals surface area contributed by atoms with Gasteiger partial charge in [-0.2, -0.15) is 0 Å². The lowest BCUT2D eigenvalue weighted by Gasteiger charge is -2.25. The Labute approximate surface area is 168 Å². The topological polar surface area (TPSA) is 86.9 Å². The van der Waals surface area contributed by atoms with E-state index < -0.39 is 17.7 Å². The van der Waals surface area contributed by atoms with Crippen molar-refractivity contribution in [2.45, 2.75) is 33.2 Å². The molecular weight excluding hydrogens is 378 g/mol. The molecule has 0 radical (unpaired) electrons. The maximum absolute atomic E-state index is 13.3. The summed E-state index contributed by atoms with van der Waals surface area (Å²) in [5, 5.41) is 11.4. The number of aliphatic hydroxyl groups excluding tert-OH is 1. The van der Waals surface area contributed by atoms with Crippen LogP contribution in [0.1, 0.15) is 44.4 Å². The number of furan rings is 1. The summed E-state index contributed by atoms with van der Waals surface area (Å²) in [6.45, 7) is 6.57. The van der Waals surface area contributed by atoms with Crippen LogP contribution in [0.5, 0.6) is 0 Å². The van der Waals surface area contributed by atoms with E-state index in [9.17, 15) is 14.7 Å². The highest BCUT2D eigenvalue weighted by atomic mass is 32.1. The maximum Gasteiger partial charge on any atom is 0.290 e. The Bertz CT molecular complexity index is 941. The summed E-state index contributed by atoms with van der Waals surface area (Å²) in [6.07, 6.45) is 0.711. The first-order valence-electron chi connectivity index (χ1n) is 9.14. The fourth-order valence-corrected chi connectivity index (χ4v) is 4.31. The fraction of sp³-hybridized carbons (Fsp3) is 0.450. The quantitative estimate of drug-likeness (QED) is 0.715. The number of ketones is 1.